The Labute approximate surface area is 140 Å². The molecule has 0 bridgehead atoms. The van der Waals surface area contributed by atoms with Crippen molar-refractivity contribution >= 4 is 24.0 Å². The van der Waals surface area contributed by atoms with E-state index in [9.17, 15) is 20.2 Å². The molecule has 8 nitrogen and oxygen atoms in total. The van der Waals surface area contributed by atoms with Crippen LogP contribution >= 0.6 is 0 Å². The Balaban J connectivity index is 0. The van der Waals surface area contributed by atoms with E-state index in [1.807, 2.05) is 6.07 Å². The number of nitro groups is 2. The van der Waals surface area contributed by atoms with Crippen LogP contribution in [0.3, 0.4) is 0 Å². The van der Waals surface area contributed by atoms with Crippen molar-refractivity contribution in [1.29, 1.82) is 0 Å². The Hall–Kier alpha value is -0.359. The van der Waals surface area contributed by atoms with Gasteiger partial charge in [0.1, 0.15) is 0 Å². The van der Waals surface area contributed by atoms with Crippen molar-refractivity contribution in [3.05, 3.63) is 45.9 Å². The molecule has 17 heavy (non-hydrogen) atoms. The molecule has 0 aromatic heterocycles. The van der Waals surface area contributed by atoms with E-state index in [-0.39, 0.29) is 64.3 Å². The summed E-state index contributed by atoms with van der Waals surface area (Å²) in [5, 5.41) is 38.1. The molecule has 0 unspecified atom stereocenters. The maximum Gasteiger partial charge on any atom is 1.00 e. The van der Waals surface area contributed by atoms with Crippen molar-refractivity contribution in [2.75, 3.05) is 0 Å². The van der Waals surface area contributed by atoms with Gasteiger partial charge in [-0.1, -0.05) is 12.1 Å². The van der Waals surface area contributed by atoms with E-state index in [4.69, 9.17) is 10.0 Å². The summed E-state index contributed by atoms with van der Waals surface area (Å²) in [5.74, 6) is 0. The Morgan fingerprint density at radius 3 is 1.71 bits per heavy atom. The van der Waals surface area contributed by atoms with E-state index in [0.29, 0.717) is 0 Å². The molecule has 0 amide bonds. The van der Waals surface area contributed by atoms with Crippen molar-refractivity contribution < 1.29 is 71.3 Å². The summed E-state index contributed by atoms with van der Waals surface area (Å²) in [6.07, 6.45) is 0. The second-order valence-corrected chi connectivity index (χ2v) is 2.57. The van der Waals surface area contributed by atoms with Crippen LogP contribution in [0.4, 0.5) is 11.4 Å². The van der Waals surface area contributed by atoms with Gasteiger partial charge in [0.25, 0.3) is 0 Å². The number of non-ortho nitro benzene ring substituents is 2. The molecule has 10 heteroatoms. The quantitative estimate of drug-likeness (QED) is 0.252. The van der Waals surface area contributed by atoms with Crippen LogP contribution in [-0.2, 0) is 0 Å². The first kappa shape index (κ1) is 19.0. The van der Waals surface area contributed by atoms with E-state index in [1.165, 1.54) is 0 Å². The zero-order chi connectivity index (χ0) is 11.6. The van der Waals surface area contributed by atoms with Gasteiger partial charge >= 0.3 is 58.5 Å². The Bertz CT molecular complexity index is 395. The number of rotatable bonds is 3. The minimum absolute atomic E-state index is 0. The van der Waals surface area contributed by atoms with Gasteiger partial charge < -0.3 is 17.5 Å². The molecule has 0 saturated carbocycles. The molecule has 1 rings (SSSR count). The van der Waals surface area contributed by atoms with Gasteiger partial charge in [-0.3, -0.25) is 20.2 Å². The van der Waals surface area contributed by atoms with Crippen molar-refractivity contribution in [3.63, 3.8) is 0 Å². The molecule has 0 aliphatic heterocycles. The molecular weight excluding hydrogens is 258 g/mol. The van der Waals surface area contributed by atoms with Crippen LogP contribution in [0.15, 0.2) is 12.1 Å². The van der Waals surface area contributed by atoms with E-state index in [1.54, 1.807) is 0 Å². The Kier molecular flexibility index (Phi) is 8.79. The molecule has 0 aliphatic carbocycles. The van der Waals surface area contributed by atoms with E-state index in [2.05, 4.69) is 0 Å². The number of benzene rings is 1. The van der Waals surface area contributed by atoms with Gasteiger partial charge in [-0.05, 0) is 6.07 Å². The van der Waals surface area contributed by atoms with E-state index in [0.717, 1.165) is 12.1 Å². The van der Waals surface area contributed by atoms with Gasteiger partial charge in [0.05, 0.1) is 0 Å². The SMILES string of the molecule is O=[N+]([O-])c1[c-]c([N+](=O)[O-])cc(B(O)O)c1.[CH3-].[K+]. The van der Waals surface area contributed by atoms with Crippen molar-refractivity contribution in [2.24, 2.45) is 0 Å². The first-order chi connectivity index (χ1) is 6.91. The predicted molar refractivity (Wildman–Crippen MR) is 54.8 cm³/mol. The smallest absolute Gasteiger partial charge is 0.425 e. The molecule has 0 radical (unpaired) electrons. The predicted octanol–water partition coefficient (Wildman–Crippen LogP) is -3.56. The molecule has 0 saturated heterocycles. The van der Waals surface area contributed by atoms with Crippen molar-refractivity contribution in [2.45, 2.75) is 0 Å². The first-order valence-corrected chi connectivity index (χ1v) is 3.64. The summed E-state index contributed by atoms with van der Waals surface area (Å²) >= 11 is 0. The molecule has 86 valence electrons. The van der Waals surface area contributed by atoms with Gasteiger partial charge in [0, 0.05) is 9.85 Å². The summed E-state index contributed by atoms with van der Waals surface area (Å²) in [6, 6.07) is 3.52. The monoisotopic (exact) mass is 265 g/mol. The van der Waals surface area contributed by atoms with Gasteiger partial charge in [0.2, 0.25) is 0 Å². The molecule has 0 atom stereocenters. The number of hydrogen-bond donors (Lipinski definition) is 2. The molecule has 2 N–H and O–H groups in total. The third-order valence-electron chi connectivity index (χ3n) is 1.55. The Morgan fingerprint density at radius 1 is 1.12 bits per heavy atom. The minimum atomic E-state index is -2.00. The fourth-order valence-corrected chi connectivity index (χ4v) is 0.907. The molecule has 0 heterocycles. The fourth-order valence-electron chi connectivity index (χ4n) is 0.907. The minimum Gasteiger partial charge on any atom is -0.425 e. The summed E-state index contributed by atoms with van der Waals surface area (Å²) in [4.78, 5) is 18.9. The third kappa shape index (κ3) is 5.21. The van der Waals surface area contributed by atoms with Crippen LogP contribution in [0.1, 0.15) is 0 Å². The van der Waals surface area contributed by atoms with Gasteiger partial charge in [-0.15, -0.1) is 5.46 Å². The van der Waals surface area contributed by atoms with Crippen molar-refractivity contribution in [1.82, 2.24) is 0 Å². The standard InChI is InChI=1S/C6H4BN2O6.CH3.K/c10-7(11)4-1-5(8(12)13)3-6(2-4)9(14)15;;/h1-2,10-11H;1H3;/q2*-1;+1. The van der Waals surface area contributed by atoms with Gasteiger partial charge in [-0.25, -0.2) is 0 Å². The average Bonchev–Trinajstić information content (AvgIpc) is 2.16. The number of hydrogen-bond acceptors (Lipinski definition) is 6. The largest absolute Gasteiger partial charge is 1.00 e. The molecule has 0 spiro atoms. The van der Waals surface area contributed by atoms with Crippen LogP contribution in [-0.4, -0.2) is 27.0 Å². The van der Waals surface area contributed by atoms with Gasteiger partial charge in [0.15, 0.2) is 11.4 Å². The maximum absolute atomic E-state index is 10.3. The number of nitrogens with zero attached hydrogens (tertiary/aromatic N) is 2. The zero-order valence-electron chi connectivity index (χ0n) is 9.15. The molecule has 1 aromatic rings. The van der Waals surface area contributed by atoms with Crippen molar-refractivity contribution in [3.8, 4) is 0 Å². The average molecular weight is 265 g/mol. The summed E-state index contributed by atoms with van der Waals surface area (Å²) in [6.45, 7) is 0. The summed E-state index contributed by atoms with van der Waals surface area (Å²) in [7, 11) is -2.00. The molecule has 0 aliphatic rings. The van der Waals surface area contributed by atoms with Crippen LogP contribution in [0, 0.1) is 33.7 Å². The topological polar surface area (TPSA) is 127 Å². The third-order valence-corrected chi connectivity index (χ3v) is 1.55. The van der Waals surface area contributed by atoms with Gasteiger partial charge in [-0.2, -0.15) is 0 Å². The zero-order valence-corrected chi connectivity index (χ0v) is 12.3. The van der Waals surface area contributed by atoms with E-state index >= 15 is 0 Å². The fraction of sp³-hybridized carbons (Fsp3) is 0. The first-order valence-electron chi connectivity index (χ1n) is 3.64. The summed E-state index contributed by atoms with van der Waals surface area (Å²) in [5.41, 5.74) is -1.70. The molecule has 0 fully saturated rings. The number of nitro benzene ring substituents is 2. The van der Waals surface area contributed by atoms with Crippen LogP contribution in [0.5, 0.6) is 0 Å². The second-order valence-electron chi connectivity index (χ2n) is 2.57. The van der Waals surface area contributed by atoms with Crippen LogP contribution < -0.4 is 56.8 Å². The maximum atomic E-state index is 10.3. The van der Waals surface area contributed by atoms with Crippen LogP contribution in [0.2, 0.25) is 0 Å². The normalized spacial score (nSPS) is 8.59. The second kappa shape index (κ2) is 7.87. The van der Waals surface area contributed by atoms with E-state index < -0.39 is 28.3 Å². The summed E-state index contributed by atoms with van der Waals surface area (Å²) < 4.78 is 0. The molecule has 1 aromatic carbocycles. The van der Waals surface area contributed by atoms with Crippen LogP contribution in [0.25, 0.3) is 0 Å². The molecular formula is C7H7BKN2O6-. The Morgan fingerprint density at radius 2 is 1.47 bits per heavy atom.